The van der Waals surface area contributed by atoms with Crippen LogP contribution in [0.15, 0.2) is 18.2 Å². The molecule has 0 aliphatic heterocycles. The first kappa shape index (κ1) is 12.1. The molecule has 0 N–H and O–H groups in total. The van der Waals surface area contributed by atoms with E-state index < -0.39 is 0 Å². The van der Waals surface area contributed by atoms with Gasteiger partial charge in [-0.15, -0.1) is 0 Å². The number of aldehydes is 1. The van der Waals surface area contributed by atoms with Gasteiger partial charge >= 0.3 is 0 Å². The molecule has 1 heterocycles. The number of aromatic nitrogens is 2. The molecule has 0 aliphatic carbocycles. The van der Waals surface area contributed by atoms with Crippen LogP contribution in [0, 0.1) is 13.8 Å². The predicted molar refractivity (Wildman–Crippen MR) is 68.4 cm³/mol. The molecule has 0 spiro atoms. The fourth-order valence-electron chi connectivity index (χ4n) is 1.71. The highest BCUT2D eigenvalue weighted by atomic mass is 35.5. The van der Waals surface area contributed by atoms with Crippen molar-refractivity contribution in [2.24, 2.45) is 0 Å². The zero-order valence-electron chi connectivity index (χ0n) is 9.37. The number of carbonyl (C=O) groups excluding carboxylic acids is 1. The molecule has 0 aliphatic rings. The first-order valence-corrected chi connectivity index (χ1v) is 5.77. The van der Waals surface area contributed by atoms with Gasteiger partial charge < -0.3 is 0 Å². The van der Waals surface area contributed by atoms with Gasteiger partial charge in [0.25, 0.3) is 0 Å². The van der Waals surface area contributed by atoms with Crippen molar-refractivity contribution in [3.05, 3.63) is 45.2 Å². The van der Waals surface area contributed by atoms with E-state index in [0.29, 0.717) is 27.0 Å². The van der Waals surface area contributed by atoms with Crippen LogP contribution in [0.1, 0.15) is 21.7 Å². The van der Waals surface area contributed by atoms with E-state index in [1.165, 1.54) is 0 Å². The maximum atomic E-state index is 10.9. The molecule has 2 rings (SSSR count). The molecule has 0 bridgehead atoms. The van der Waals surface area contributed by atoms with Crippen molar-refractivity contribution in [2.45, 2.75) is 13.8 Å². The molecular weight excluding hydrogens is 259 g/mol. The van der Waals surface area contributed by atoms with E-state index in [1.807, 2.05) is 6.92 Å². The molecule has 1 aromatic carbocycles. The van der Waals surface area contributed by atoms with Crippen LogP contribution in [0.25, 0.3) is 5.69 Å². The molecule has 3 nitrogen and oxygen atoms in total. The fourth-order valence-corrected chi connectivity index (χ4v) is 2.07. The number of rotatable bonds is 2. The normalized spacial score (nSPS) is 10.6. The van der Waals surface area contributed by atoms with Crippen LogP contribution in [0.2, 0.25) is 10.0 Å². The summed E-state index contributed by atoms with van der Waals surface area (Å²) in [6, 6.07) is 5.13. The van der Waals surface area contributed by atoms with Crippen molar-refractivity contribution in [1.29, 1.82) is 0 Å². The Bertz CT molecular complexity index is 590. The molecule has 2 aromatic rings. The van der Waals surface area contributed by atoms with E-state index in [4.69, 9.17) is 23.2 Å². The number of carbonyl (C=O) groups is 1. The molecule has 0 saturated heterocycles. The summed E-state index contributed by atoms with van der Waals surface area (Å²) >= 11 is 12.0. The lowest BCUT2D eigenvalue weighted by Crippen LogP contribution is -2.00. The molecule has 0 fully saturated rings. The van der Waals surface area contributed by atoms with Gasteiger partial charge in [0.05, 0.1) is 27.7 Å². The summed E-state index contributed by atoms with van der Waals surface area (Å²) in [6.07, 6.45) is 0.798. The van der Waals surface area contributed by atoms with Crippen LogP contribution in [-0.4, -0.2) is 16.1 Å². The Balaban J connectivity index is 2.68. The third-order valence-electron chi connectivity index (χ3n) is 2.60. The van der Waals surface area contributed by atoms with Crippen molar-refractivity contribution in [3.8, 4) is 5.69 Å². The second kappa shape index (κ2) is 4.51. The lowest BCUT2D eigenvalue weighted by molar-refractivity contribution is 0.112. The molecule has 0 amide bonds. The third kappa shape index (κ3) is 2.08. The van der Waals surface area contributed by atoms with Crippen LogP contribution in [-0.2, 0) is 0 Å². The SMILES string of the molecule is Cc1nn(-c2cc(Cl)ccc2Cl)c(C)c1C=O. The van der Waals surface area contributed by atoms with Crippen molar-refractivity contribution < 1.29 is 4.79 Å². The van der Waals surface area contributed by atoms with Crippen LogP contribution in [0.3, 0.4) is 0 Å². The molecule has 1 aromatic heterocycles. The van der Waals surface area contributed by atoms with Crippen molar-refractivity contribution in [2.75, 3.05) is 0 Å². The Morgan fingerprint density at radius 2 is 2.00 bits per heavy atom. The van der Waals surface area contributed by atoms with Crippen LogP contribution in [0.5, 0.6) is 0 Å². The number of hydrogen-bond donors (Lipinski definition) is 0. The Hall–Kier alpha value is -1.32. The topological polar surface area (TPSA) is 34.9 Å². The van der Waals surface area contributed by atoms with E-state index in [1.54, 1.807) is 29.8 Å². The van der Waals surface area contributed by atoms with Gasteiger partial charge in [0.1, 0.15) is 0 Å². The van der Waals surface area contributed by atoms with Gasteiger partial charge in [-0.05, 0) is 32.0 Å². The number of hydrogen-bond acceptors (Lipinski definition) is 2. The summed E-state index contributed by atoms with van der Waals surface area (Å²) in [6.45, 7) is 3.60. The van der Waals surface area contributed by atoms with E-state index in [2.05, 4.69) is 5.10 Å². The monoisotopic (exact) mass is 268 g/mol. The Morgan fingerprint density at radius 1 is 1.29 bits per heavy atom. The Morgan fingerprint density at radius 3 is 2.59 bits per heavy atom. The summed E-state index contributed by atoms with van der Waals surface area (Å²) < 4.78 is 1.63. The zero-order chi connectivity index (χ0) is 12.6. The van der Waals surface area contributed by atoms with E-state index in [9.17, 15) is 4.79 Å². The maximum absolute atomic E-state index is 10.9. The minimum atomic E-state index is 0.539. The number of nitrogens with zero attached hydrogens (tertiary/aromatic N) is 2. The number of benzene rings is 1. The number of halogens is 2. The molecule has 0 unspecified atom stereocenters. The van der Waals surface area contributed by atoms with Crippen LogP contribution >= 0.6 is 23.2 Å². The Kier molecular flexibility index (Phi) is 3.22. The van der Waals surface area contributed by atoms with Crippen molar-refractivity contribution >= 4 is 29.5 Å². The molecule has 88 valence electrons. The minimum absolute atomic E-state index is 0.539. The summed E-state index contributed by atoms with van der Waals surface area (Å²) in [5.74, 6) is 0. The summed E-state index contributed by atoms with van der Waals surface area (Å²) in [7, 11) is 0. The first-order chi connectivity index (χ1) is 8.04. The largest absolute Gasteiger partial charge is 0.298 e. The van der Waals surface area contributed by atoms with Crippen LogP contribution in [0.4, 0.5) is 0 Å². The zero-order valence-corrected chi connectivity index (χ0v) is 10.9. The van der Waals surface area contributed by atoms with E-state index >= 15 is 0 Å². The van der Waals surface area contributed by atoms with E-state index in [0.717, 1.165) is 12.0 Å². The molecule has 0 saturated carbocycles. The summed E-state index contributed by atoms with van der Waals surface area (Å²) in [4.78, 5) is 10.9. The number of aryl methyl sites for hydroxylation is 1. The van der Waals surface area contributed by atoms with Crippen molar-refractivity contribution in [1.82, 2.24) is 9.78 Å². The average Bonchev–Trinajstić information content (AvgIpc) is 2.57. The second-order valence-corrected chi connectivity index (χ2v) is 4.55. The Labute approximate surface area is 109 Å². The van der Waals surface area contributed by atoms with Crippen molar-refractivity contribution in [3.63, 3.8) is 0 Å². The quantitative estimate of drug-likeness (QED) is 0.780. The highest BCUT2D eigenvalue weighted by Crippen LogP contribution is 2.26. The van der Waals surface area contributed by atoms with Gasteiger partial charge in [-0.2, -0.15) is 5.10 Å². The molecule has 0 radical (unpaired) electrons. The van der Waals surface area contributed by atoms with Gasteiger partial charge in [-0.25, -0.2) is 4.68 Å². The molecular formula is C12H10Cl2N2O. The lowest BCUT2D eigenvalue weighted by atomic mass is 10.2. The smallest absolute Gasteiger partial charge is 0.153 e. The summed E-state index contributed by atoms with van der Waals surface area (Å²) in [5, 5.41) is 5.41. The molecule has 0 atom stereocenters. The standard InChI is InChI=1S/C12H10Cl2N2O/c1-7-10(6-17)8(2)16(15-7)12-5-9(13)3-4-11(12)14/h3-6H,1-2H3. The minimum Gasteiger partial charge on any atom is -0.298 e. The highest BCUT2D eigenvalue weighted by molar-refractivity contribution is 6.34. The first-order valence-electron chi connectivity index (χ1n) is 5.01. The maximum Gasteiger partial charge on any atom is 0.153 e. The fraction of sp³-hybridized carbons (Fsp3) is 0.167. The van der Waals surface area contributed by atoms with Gasteiger partial charge in [0.2, 0.25) is 0 Å². The summed E-state index contributed by atoms with van der Waals surface area (Å²) in [5.41, 5.74) is 2.68. The molecule has 5 heteroatoms. The average molecular weight is 269 g/mol. The molecule has 17 heavy (non-hydrogen) atoms. The lowest BCUT2D eigenvalue weighted by Gasteiger charge is -2.07. The highest BCUT2D eigenvalue weighted by Gasteiger charge is 2.14. The van der Waals surface area contributed by atoms with E-state index in [-0.39, 0.29) is 0 Å². The van der Waals surface area contributed by atoms with Gasteiger partial charge in [0, 0.05) is 5.02 Å². The van der Waals surface area contributed by atoms with Gasteiger partial charge in [0.15, 0.2) is 6.29 Å². The van der Waals surface area contributed by atoms with Crippen LogP contribution < -0.4 is 0 Å². The predicted octanol–water partition coefficient (Wildman–Crippen LogP) is 3.61. The van der Waals surface area contributed by atoms with Gasteiger partial charge in [-0.3, -0.25) is 4.79 Å². The second-order valence-electron chi connectivity index (χ2n) is 3.71. The van der Waals surface area contributed by atoms with Gasteiger partial charge in [-0.1, -0.05) is 23.2 Å². The third-order valence-corrected chi connectivity index (χ3v) is 3.16.